The van der Waals surface area contributed by atoms with Crippen molar-refractivity contribution in [3.63, 3.8) is 0 Å². The molecule has 0 saturated carbocycles. The largest absolute Gasteiger partial charge is 0.418 e. The minimum Gasteiger partial charge on any atom is -0.381 e. The Bertz CT molecular complexity index is 786. The number of rotatable bonds is 1. The van der Waals surface area contributed by atoms with Crippen LogP contribution < -0.4 is 5.73 Å². The molecule has 0 aliphatic heterocycles. The summed E-state index contributed by atoms with van der Waals surface area (Å²) in [4.78, 5) is 0. The van der Waals surface area contributed by atoms with Crippen molar-refractivity contribution in [2.75, 3.05) is 5.73 Å². The molecule has 1 aromatic carbocycles. The second-order valence-corrected chi connectivity index (χ2v) is 4.47. The van der Waals surface area contributed by atoms with E-state index in [0.717, 1.165) is 6.07 Å². The Balaban J connectivity index is 2.33. The van der Waals surface area contributed by atoms with Crippen LogP contribution in [0, 0.1) is 0 Å². The van der Waals surface area contributed by atoms with Gasteiger partial charge >= 0.3 is 6.18 Å². The molecule has 0 bridgehead atoms. The first kappa shape index (κ1) is 12.6. The summed E-state index contributed by atoms with van der Waals surface area (Å²) in [6.45, 7) is 0. The molecule has 7 heteroatoms. The summed E-state index contributed by atoms with van der Waals surface area (Å²) in [5.41, 5.74) is 5.42. The summed E-state index contributed by atoms with van der Waals surface area (Å²) < 4.78 is 45.6. The number of nitrogens with zero attached hydrogens (tertiary/aromatic N) is 2. The number of nitrogen functional groups attached to an aromatic ring is 1. The summed E-state index contributed by atoms with van der Waals surface area (Å²) in [7, 11) is 1.56. The summed E-state index contributed by atoms with van der Waals surface area (Å²) in [6.07, 6.45) is -2.84. The molecule has 0 radical (unpaired) electrons. The second kappa shape index (κ2) is 4.03. The maximum atomic E-state index is 13.0. The standard InChI is InChI=1S/C13H10F3N3O/c1-19-6-8(10-5-11(17)18-20-10)7-3-2-4-9(12(7)19)13(14,15)16/h2-6H,1H3,(H2,17,18). The highest BCUT2D eigenvalue weighted by molar-refractivity contribution is 5.97. The van der Waals surface area contributed by atoms with E-state index in [1.165, 1.54) is 16.7 Å². The lowest BCUT2D eigenvalue weighted by Crippen LogP contribution is -2.07. The van der Waals surface area contributed by atoms with Crippen LogP contribution >= 0.6 is 0 Å². The maximum Gasteiger partial charge on any atom is 0.418 e. The molecule has 3 aromatic rings. The second-order valence-electron chi connectivity index (χ2n) is 4.47. The third-order valence-corrected chi connectivity index (χ3v) is 3.10. The van der Waals surface area contributed by atoms with Crippen LogP contribution in [0.4, 0.5) is 19.0 Å². The lowest BCUT2D eigenvalue weighted by Gasteiger charge is -2.09. The van der Waals surface area contributed by atoms with Gasteiger partial charge in [0, 0.05) is 30.3 Å². The lowest BCUT2D eigenvalue weighted by molar-refractivity contribution is -0.136. The monoisotopic (exact) mass is 281 g/mol. The number of nitrogens with two attached hydrogens (primary N) is 1. The van der Waals surface area contributed by atoms with Gasteiger partial charge in [-0.15, -0.1) is 0 Å². The van der Waals surface area contributed by atoms with Gasteiger partial charge in [0.2, 0.25) is 0 Å². The van der Waals surface area contributed by atoms with E-state index in [4.69, 9.17) is 10.3 Å². The SMILES string of the molecule is Cn1cc(-c2cc(N)no2)c2cccc(C(F)(F)F)c21. The molecule has 0 unspecified atom stereocenters. The number of anilines is 1. The van der Waals surface area contributed by atoms with Gasteiger partial charge in [-0.2, -0.15) is 13.2 Å². The van der Waals surface area contributed by atoms with Crippen LogP contribution in [0.1, 0.15) is 5.56 Å². The van der Waals surface area contributed by atoms with E-state index < -0.39 is 11.7 Å². The first-order chi connectivity index (χ1) is 9.38. The zero-order valence-electron chi connectivity index (χ0n) is 10.4. The summed E-state index contributed by atoms with van der Waals surface area (Å²) in [6, 6.07) is 5.52. The van der Waals surface area contributed by atoms with Gasteiger partial charge in [0.1, 0.15) is 0 Å². The van der Waals surface area contributed by atoms with E-state index in [1.807, 2.05) is 0 Å². The molecule has 4 nitrogen and oxygen atoms in total. The van der Waals surface area contributed by atoms with Gasteiger partial charge in [0.15, 0.2) is 11.6 Å². The molecular weight excluding hydrogens is 271 g/mol. The van der Waals surface area contributed by atoms with E-state index in [0.29, 0.717) is 16.7 Å². The molecule has 0 aliphatic carbocycles. The Kier molecular flexibility index (Phi) is 2.53. The molecule has 0 saturated heterocycles. The number of benzene rings is 1. The molecule has 0 aliphatic rings. The van der Waals surface area contributed by atoms with E-state index in [9.17, 15) is 13.2 Å². The average molecular weight is 281 g/mol. The Hall–Kier alpha value is -2.44. The van der Waals surface area contributed by atoms with E-state index >= 15 is 0 Å². The van der Waals surface area contributed by atoms with Crippen LogP contribution in [-0.4, -0.2) is 9.72 Å². The number of alkyl halides is 3. The van der Waals surface area contributed by atoms with Crippen molar-refractivity contribution in [2.45, 2.75) is 6.18 Å². The van der Waals surface area contributed by atoms with Crippen molar-refractivity contribution >= 4 is 16.7 Å². The van der Waals surface area contributed by atoms with E-state index in [2.05, 4.69) is 5.16 Å². The fourth-order valence-corrected chi connectivity index (χ4v) is 2.31. The van der Waals surface area contributed by atoms with Gasteiger partial charge in [-0.05, 0) is 6.07 Å². The summed E-state index contributed by atoms with van der Waals surface area (Å²) >= 11 is 0. The number of hydrogen-bond donors (Lipinski definition) is 1. The smallest absolute Gasteiger partial charge is 0.381 e. The van der Waals surface area contributed by atoms with Crippen molar-refractivity contribution in [3.8, 4) is 11.3 Å². The quantitative estimate of drug-likeness (QED) is 0.743. The van der Waals surface area contributed by atoms with Crippen molar-refractivity contribution in [1.82, 2.24) is 9.72 Å². The fourth-order valence-electron chi connectivity index (χ4n) is 2.31. The van der Waals surface area contributed by atoms with Crippen molar-refractivity contribution in [2.24, 2.45) is 7.05 Å². The maximum absolute atomic E-state index is 13.0. The third-order valence-electron chi connectivity index (χ3n) is 3.10. The highest BCUT2D eigenvalue weighted by Gasteiger charge is 2.34. The van der Waals surface area contributed by atoms with E-state index in [-0.39, 0.29) is 11.3 Å². The molecule has 104 valence electrons. The lowest BCUT2D eigenvalue weighted by atomic mass is 10.1. The Labute approximate surface area is 111 Å². The third kappa shape index (κ3) is 1.82. The van der Waals surface area contributed by atoms with Crippen molar-refractivity contribution in [3.05, 3.63) is 36.0 Å². The zero-order chi connectivity index (χ0) is 14.5. The summed E-state index contributed by atoms with van der Waals surface area (Å²) in [5.74, 6) is 0.524. The molecule has 3 rings (SSSR count). The average Bonchev–Trinajstić information content (AvgIpc) is 2.93. The number of halogens is 3. The molecule has 0 atom stereocenters. The van der Waals surface area contributed by atoms with Crippen LogP contribution in [0.15, 0.2) is 35.0 Å². The number of para-hydroxylation sites is 1. The van der Waals surface area contributed by atoms with Crippen LogP contribution in [0.3, 0.4) is 0 Å². The highest BCUT2D eigenvalue weighted by atomic mass is 19.4. The predicted octanol–water partition coefficient (Wildman–Crippen LogP) is 3.43. The number of aryl methyl sites for hydroxylation is 1. The predicted molar refractivity (Wildman–Crippen MR) is 67.8 cm³/mol. The Morgan fingerprint density at radius 1 is 1.30 bits per heavy atom. The van der Waals surface area contributed by atoms with Gasteiger partial charge in [-0.3, -0.25) is 0 Å². The molecular formula is C13H10F3N3O. The first-order valence-electron chi connectivity index (χ1n) is 5.75. The van der Waals surface area contributed by atoms with Gasteiger partial charge < -0.3 is 14.8 Å². The number of aromatic nitrogens is 2. The van der Waals surface area contributed by atoms with Crippen LogP contribution in [0.2, 0.25) is 0 Å². The van der Waals surface area contributed by atoms with Gasteiger partial charge in [-0.25, -0.2) is 0 Å². The highest BCUT2D eigenvalue weighted by Crippen LogP contribution is 2.39. The Morgan fingerprint density at radius 2 is 2.05 bits per heavy atom. The van der Waals surface area contributed by atoms with Crippen LogP contribution in [0.25, 0.3) is 22.2 Å². The molecule has 0 amide bonds. The number of hydrogen-bond acceptors (Lipinski definition) is 3. The zero-order valence-corrected chi connectivity index (χ0v) is 10.4. The molecule has 2 aromatic heterocycles. The van der Waals surface area contributed by atoms with Gasteiger partial charge in [0.25, 0.3) is 0 Å². The fraction of sp³-hybridized carbons (Fsp3) is 0.154. The molecule has 0 spiro atoms. The van der Waals surface area contributed by atoms with E-state index in [1.54, 1.807) is 19.3 Å². The normalized spacial score (nSPS) is 12.2. The topological polar surface area (TPSA) is 57.0 Å². The summed E-state index contributed by atoms with van der Waals surface area (Å²) in [5, 5.41) is 3.99. The molecule has 2 N–H and O–H groups in total. The van der Waals surface area contributed by atoms with Crippen LogP contribution in [-0.2, 0) is 13.2 Å². The van der Waals surface area contributed by atoms with Gasteiger partial charge in [-0.1, -0.05) is 17.3 Å². The molecule has 0 fully saturated rings. The van der Waals surface area contributed by atoms with Gasteiger partial charge in [0.05, 0.1) is 11.1 Å². The Morgan fingerprint density at radius 3 is 2.65 bits per heavy atom. The van der Waals surface area contributed by atoms with Crippen molar-refractivity contribution < 1.29 is 17.7 Å². The molecule has 2 heterocycles. The minimum atomic E-state index is -4.41. The number of fused-ring (bicyclic) bond motifs is 1. The first-order valence-corrected chi connectivity index (χ1v) is 5.75. The van der Waals surface area contributed by atoms with Crippen LogP contribution in [0.5, 0.6) is 0 Å². The minimum absolute atomic E-state index is 0.102. The van der Waals surface area contributed by atoms with Crippen molar-refractivity contribution in [1.29, 1.82) is 0 Å². The molecule has 20 heavy (non-hydrogen) atoms.